The minimum Gasteiger partial charge on any atom is -0.493 e. The monoisotopic (exact) mass is 368 g/mol. The fourth-order valence-electron chi connectivity index (χ4n) is 2.48. The molecule has 0 aliphatic rings. The molecule has 3 aromatic rings. The maximum Gasteiger partial charge on any atom is 0.305 e. The third-order valence-electron chi connectivity index (χ3n) is 3.83. The highest BCUT2D eigenvalue weighted by molar-refractivity contribution is 6.00. The largest absolute Gasteiger partial charge is 0.493 e. The van der Waals surface area contributed by atoms with Gasteiger partial charge in [0.2, 0.25) is 0 Å². The highest BCUT2D eigenvalue weighted by Gasteiger charge is 2.15. The number of rotatable bonds is 6. The van der Waals surface area contributed by atoms with Crippen LogP contribution in [0.5, 0.6) is 11.5 Å². The molecule has 3 rings (SSSR count). The van der Waals surface area contributed by atoms with E-state index in [-0.39, 0.29) is 5.76 Å². The second-order valence-corrected chi connectivity index (χ2v) is 5.77. The van der Waals surface area contributed by atoms with Gasteiger partial charge >= 0.3 is 5.91 Å². The number of hydrogen-bond acceptors (Lipinski definition) is 5. The van der Waals surface area contributed by atoms with Gasteiger partial charge in [-0.2, -0.15) is 0 Å². The van der Waals surface area contributed by atoms with E-state index in [2.05, 4.69) is 10.9 Å². The Morgan fingerprint density at radius 1 is 1.00 bits per heavy atom. The van der Waals surface area contributed by atoms with Crippen LogP contribution in [0.4, 0.5) is 0 Å². The van der Waals surface area contributed by atoms with E-state index < -0.39 is 11.8 Å². The van der Waals surface area contributed by atoms with Gasteiger partial charge in [-0.3, -0.25) is 20.4 Å². The molecule has 0 radical (unpaired) electrons. The highest BCUT2D eigenvalue weighted by atomic mass is 16.5. The molecule has 0 atom stereocenters. The zero-order chi connectivity index (χ0) is 19.2. The Morgan fingerprint density at radius 3 is 2.52 bits per heavy atom. The first-order valence-electron chi connectivity index (χ1n) is 8.52. The molecule has 0 spiro atoms. The van der Waals surface area contributed by atoms with Crippen molar-refractivity contribution in [3.05, 3.63) is 59.9 Å². The number of carbonyl (C=O) groups is 2. The first kappa shape index (κ1) is 18.3. The Kier molecular flexibility index (Phi) is 5.61. The van der Waals surface area contributed by atoms with E-state index >= 15 is 0 Å². The molecule has 2 aromatic carbocycles. The molecule has 1 heterocycles. The van der Waals surface area contributed by atoms with Crippen LogP contribution >= 0.6 is 0 Å². The van der Waals surface area contributed by atoms with Crippen molar-refractivity contribution >= 4 is 22.8 Å². The fourth-order valence-corrected chi connectivity index (χ4v) is 2.48. The van der Waals surface area contributed by atoms with Gasteiger partial charge in [-0.05, 0) is 36.8 Å². The minimum absolute atomic E-state index is 0.109. The first-order valence-corrected chi connectivity index (χ1v) is 8.52. The molecule has 7 heteroatoms. The van der Waals surface area contributed by atoms with Crippen LogP contribution in [0.15, 0.2) is 52.9 Å². The molecule has 1 aromatic heterocycles. The van der Waals surface area contributed by atoms with Gasteiger partial charge in [0.15, 0.2) is 17.3 Å². The lowest BCUT2D eigenvalue weighted by molar-refractivity contribution is 0.0832. The number of nitrogens with one attached hydrogen (secondary N) is 2. The Balaban J connectivity index is 1.65. The summed E-state index contributed by atoms with van der Waals surface area (Å²) in [5, 5.41) is 0.807. The van der Waals surface area contributed by atoms with Gasteiger partial charge in [0.25, 0.3) is 5.91 Å². The molecule has 27 heavy (non-hydrogen) atoms. The minimum atomic E-state index is -0.547. The summed E-state index contributed by atoms with van der Waals surface area (Å²) in [5.41, 5.74) is 5.62. The topological polar surface area (TPSA) is 89.8 Å². The number of hydrazine groups is 1. The number of furan rings is 1. The third kappa shape index (κ3) is 4.20. The van der Waals surface area contributed by atoms with Gasteiger partial charge in [0.05, 0.1) is 13.7 Å². The lowest BCUT2D eigenvalue weighted by Crippen LogP contribution is -2.41. The van der Waals surface area contributed by atoms with Crippen molar-refractivity contribution in [2.24, 2.45) is 0 Å². The average Bonchev–Trinajstić information content (AvgIpc) is 3.14. The number of methoxy groups -OCH3 is 1. The maximum atomic E-state index is 12.3. The van der Waals surface area contributed by atoms with Crippen molar-refractivity contribution in [1.29, 1.82) is 0 Å². The molecule has 0 fully saturated rings. The summed E-state index contributed by atoms with van der Waals surface area (Å²) in [6.07, 6.45) is 0.860. The lowest BCUT2D eigenvalue weighted by Gasteiger charge is -2.12. The van der Waals surface area contributed by atoms with Crippen molar-refractivity contribution in [3.63, 3.8) is 0 Å². The van der Waals surface area contributed by atoms with Gasteiger partial charge in [-0.1, -0.05) is 25.1 Å². The molecule has 0 saturated heterocycles. The quantitative estimate of drug-likeness (QED) is 0.652. The standard InChI is InChI=1S/C20H20N2O5/c1-3-10-26-16-9-8-14(12-17(16)25-2)19(23)21-22-20(24)18-11-13-6-4-5-7-15(13)27-18/h4-9,11-12H,3,10H2,1-2H3,(H,21,23)(H,22,24). The summed E-state index contributed by atoms with van der Waals surface area (Å²) in [6.45, 7) is 2.55. The molecule has 2 N–H and O–H groups in total. The van der Waals surface area contributed by atoms with E-state index in [1.807, 2.05) is 25.1 Å². The van der Waals surface area contributed by atoms with Crippen molar-refractivity contribution < 1.29 is 23.5 Å². The van der Waals surface area contributed by atoms with Crippen LogP contribution in [0.3, 0.4) is 0 Å². The summed E-state index contributed by atoms with van der Waals surface area (Å²) in [7, 11) is 1.50. The summed E-state index contributed by atoms with van der Waals surface area (Å²) < 4.78 is 16.3. The first-order chi connectivity index (χ1) is 13.1. The molecule has 7 nitrogen and oxygen atoms in total. The molecular weight excluding hydrogens is 348 g/mol. The van der Waals surface area contributed by atoms with Gasteiger partial charge in [0.1, 0.15) is 5.58 Å². The summed E-state index contributed by atoms with van der Waals surface area (Å²) in [5.74, 6) is 0.0773. The van der Waals surface area contributed by atoms with Crippen LogP contribution in [0, 0.1) is 0 Å². The number of fused-ring (bicyclic) bond motifs is 1. The SMILES string of the molecule is CCCOc1ccc(C(=O)NNC(=O)c2cc3ccccc3o2)cc1OC. The van der Waals surface area contributed by atoms with Crippen LogP contribution in [0.25, 0.3) is 11.0 Å². The third-order valence-corrected chi connectivity index (χ3v) is 3.83. The van der Waals surface area contributed by atoms with Gasteiger partial charge in [-0.15, -0.1) is 0 Å². The van der Waals surface area contributed by atoms with Crippen molar-refractivity contribution in [2.45, 2.75) is 13.3 Å². The van der Waals surface area contributed by atoms with Crippen LogP contribution in [0.2, 0.25) is 0 Å². The van der Waals surface area contributed by atoms with E-state index in [4.69, 9.17) is 13.9 Å². The summed E-state index contributed by atoms with van der Waals surface area (Å²) >= 11 is 0. The van der Waals surface area contributed by atoms with Gasteiger partial charge < -0.3 is 13.9 Å². The molecule has 0 aliphatic carbocycles. The lowest BCUT2D eigenvalue weighted by atomic mass is 10.2. The van der Waals surface area contributed by atoms with Gasteiger partial charge in [-0.25, -0.2) is 0 Å². The fraction of sp³-hybridized carbons (Fsp3) is 0.200. The normalized spacial score (nSPS) is 10.4. The number of carbonyl (C=O) groups excluding carboxylic acids is 2. The maximum absolute atomic E-state index is 12.3. The number of hydrogen-bond donors (Lipinski definition) is 2. The van der Waals surface area contributed by atoms with E-state index in [0.717, 1.165) is 11.8 Å². The predicted octanol–water partition coefficient (Wildman–Crippen LogP) is 3.31. The molecule has 140 valence electrons. The highest BCUT2D eigenvalue weighted by Crippen LogP contribution is 2.28. The summed E-state index contributed by atoms with van der Waals surface area (Å²) in [4.78, 5) is 24.5. The molecule has 0 saturated carbocycles. The van der Waals surface area contributed by atoms with Crippen LogP contribution < -0.4 is 20.3 Å². The van der Waals surface area contributed by atoms with E-state index in [0.29, 0.717) is 29.3 Å². The van der Waals surface area contributed by atoms with E-state index in [9.17, 15) is 9.59 Å². The van der Waals surface area contributed by atoms with Crippen LogP contribution in [-0.4, -0.2) is 25.5 Å². The number of ether oxygens (including phenoxy) is 2. The smallest absolute Gasteiger partial charge is 0.305 e. The Bertz CT molecular complexity index is 931. The Hall–Kier alpha value is -3.48. The van der Waals surface area contributed by atoms with Gasteiger partial charge in [0, 0.05) is 10.9 Å². The molecule has 0 unspecified atom stereocenters. The van der Waals surface area contributed by atoms with Crippen molar-refractivity contribution in [1.82, 2.24) is 10.9 Å². The van der Waals surface area contributed by atoms with E-state index in [1.165, 1.54) is 7.11 Å². The number of benzene rings is 2. The molecule has 0 bridgehead atoms. The number of para-hydroxylation sites is 1. The average molecular weight is 368 g/mol. The summed E-state index contributed by atoms with van der Waals surface area (Å²) in [6, 6.07) is 13.7. The second-order valence-electron chi connectivity index (χ2n) is 5.77. The predicted molar refractivity (Wildman–Crippen MR) is 99.9 cm³/mol. The Labute approximate surface area is 156 Å². The van der Waals surface area contributed by atoms with Crippen LogP contribution in [-0.2, 0) is 0 Å². The number of amides is 2. The van der Waals surface area contributed by atoms with Crippen molar-refractivity contribution in [2.75, 3.05) is 13.7 Å². The van der Waals surface area contributed by atoms with Crippen molar-refractivity contribution in [3.8, 4) is 11.5 Å². The van der Waals surface area contributed by atoms with Crippen LogP contribution in [0.1, 0.15) is 34.3 Å². The molecular formula is C20H20N2O5. The molecule has 0 aliphatic heterocycles. The zero-order valence-corrected chi connectivity index (χ0v) is 15.1. The molecule has 2 amide bonds. The second kappa shape index (κ2) is 8.27. The Morgan fingerprint density at radius 2 is 1.78 bits per heavy atom. The van der Waals surface area contributed by atoms with E-state index in [1.54, 1.807) is 30.3 Å². The zero-order valence-electron chi connectivity index (χ0n) is 15.1.